The largest absolute Gasteiger partial charge is 0.453 e. The third-order valence-corrected chi connectivity index (χ3v) is 4.30. The predicted molar refractivity (Wildman–Crippen MR) is 115 cm³/mol. The van der Waals surface area contributed by atoms with E-state index in [1.807, 2.05) is 71.6 Å². The molecule has 0 aromatic heterocycles. The van der Waals surface area contributed by atoms with E-state index in [0.717, 1.165) is 5.69 Å². The Bertz CT molecular complexity index is 850. The number of para-hydroxylation sites is 3. The molecule has 0 amide bonds. The summed E-state index contributed by atoms with van der Waals surface area (Å²) in [5.74, 6) is 1.12. The van der Waals surface area contributed by atoms with E-state index < -0.39 is 12.6 Å². The van der Waals surface area contributed by atoms with Crippen molar-refractivity contribution in [3.05, 3.63) is 91.0 Å². The standard InChI is InChI=1S/C24H23NO6/c26-18-28-23(30-21-12-6-2-7-13-21)16-25(20-10-4-1-5-11-20)17-24(29-19-27)31-22-14-8-3-9-15-22/h1-15,18-19,23-24H,16-17H2. The minimum Gasteiger partial charge on any atom is -0.453 e. The Balaban J connectivity index is 1.78. The first kappa shape index (κ1) is 21.7. The van der Waals surface area contributed by atoms with Crippen LogP contribution in [0.15, 0.2) is 91.0 Å². The number of anilines is 1. The molecule has 7 heteroatoms. The van der Waals surface area contributed by atoms with Crippen LogP contribution in [0.5, 0.6) is 11.5 Å². The zero-order chi connectivity index (χ0) is 21.7. The van der Waals surface area contributed by atoms with Gasteiger partial charge in [0.05, 0.1) is 13.1 Å². The average molecular weight is 421 g/mol. The highest BCUT2D eigenvalue weighted by molar-refractivity contribution is 5.47. The second-order valence-electron chi connectivity index (χ2n) is 6.43. The van der Waals surface area contributed by atoms with Crippen LogP contribution in [-0.2, 0) is 19.1 Å². The van der Waals surface area contributed by atoms with Gasteiger partial charge in [-0.1, -0.05) is 54.6 Å². The van der Waals surface area contributed by atoms with Crippen molar-refractivity contribution in [2.24, 2.45) is 0 Å². The van der Waals surface area contributed by atoms with Crippen LogP contribution < -0.4 is 14.4 Å². The van der Waals surface area contributed by atoms with Crippen molar-refractivity contribution in [1.29, 1.82) is 0 Å². The molecule has 0 saturated carbocycles. The molecule has 2 unspecified atom stereocenters. The molecule has 0 radical (unpaired) electrons. The fraction of sp³-hybridized carbons (Fsp3) is 0.167. The van der Waals surface area contributed by atoms with E-state index in [2.05, 4.69) is 0 Å². The van der Waals surface area contributed by atoms with E-state index in [1.165, 1.54) is 0 Å². The van der Waals surface area contributed by atoms with E-state index in [-0.39, 0.29) is 13.1 Å². The van der Waals surface area contributed by atoms with Gasteiger partial charge in [-0.05, 0) is 36.4 Å². The smallest absolute Gasteiger partial charge is 0.296 e. The molecular formula is C24H23NO6. The number of rotatable bonds is 13. The molecule has 0 saturated heterocycles. The van der Waals surface area contributed by atoms with Crippen LogP contribution in [-0.4, -0.2) is 38.6 Å². The summed E-state index contributed by atoms with van der Waals surface area (Å²) in [6, 6.07) is 27.5. The van der Waals surface area contributed by atoms with Crippen molar-refractivity contribution in [2.75, 3.05) is 18.0 Å². The molecule has 3 aromatic rings. The van der Waals surface area contributed by atoms with Crippen LogP contribution in [0.3, 0.4) is 0 Å². The summed E-state index contributed by atoms with van der Waals surface area (Å²) in [6.45, 7) is 1.04. The Morgan fingerprint density at radius 2 is 1.00 bits per heavy atom. The van der Waals surface area contributed by atoms with Gasteiger partial charge >= 0.3 is 0 Å². The van der Waals surface area contributed by atoms with Gasteiger partial charge in [-0.25, -0.2) is 0 Å². The van der Waals surface area contributed by atoms with Crippen molar-refractivity contribution in [1.82, 2.24) is 0 Å². The topological polar surface area (TPSA) is 74.3 Å². The highest BCUT2D eigenvalue weighted by atomic mass is 16.7. The summed E-state index contributed by atoms with van der Waals surface area (Å²) in [7, 11) is 0. The SMILES string of the molecule is O=COC(CN(CC(OC=O)Oc1ccccc1)c1ccccc1)Oc1ccccc1. The van der Waals surface area contributed by atoms with Crippen LogP contribution in [0, 0.1) is 0 Å². The average Bonchev–Trinajstić information content (AvgIpc) is 2.81. The highest BCUT2D eigenvalue weighted by Crippen LogP contribution is 2.19. The molecule has 7 nitrogen and oxygen atoms in total. The Labute approximate surface area is 180 Å². The first-order chi connectivity index (χ1) is 15.3. The molecule has 2 atom stereocenters. The molecule has 0 fully saturated rings. The lowest BCUT2D eigenvalue weighted by atomic mass is 10.2. The van der Waals surface area contributed by atoms with E-state index in [9.17, 15) is 9.59 Å². The molecule has 0 aliphatic heterocycles. The van der Waals surface area contributed by atoms with Gasteiger partial charge in [0.15, 0.2) is 0 Å². The molecule has 31 heavy (non-hydrogen) atoms. The Morgan fingerprint density at radius 3 is 1.39 bits per heavy atom. The number of benzene rings is 3. The molecule has 0 spiro atoms. The maximum Gasteiger partial charge on any atom is 0.296 e. The predicted octanol–water partition coefficient (Wildman–Crippen LogP) is 3.65. The van der Waals surface area contributed by atoms with Crippen LogP contribution in [0.4, 0.5) is 5.69 Å². The first-order valence-corrected chi connectivity index (χ1v) is 9.70. The zero-order valence-electron chi connectivity index (χ0n) is 16.8. The number of carbonyl (C=O) groups is 2. The summed E-state index contributed by atoms with van der Waals surface area (Å²) in [4.78, 5) is 24.0. The zero-order valence-corrected chi connectivity index (χ0v) is 16.8. The molecule has 0 heterocycles. The van der Waals surface area contributed by atoms with Crippen LogP contribution in [0.25, 0.3) is 0 Å². The van der Waals surface area contributed by atoms with Crippen molar-refractivity contribution in [3.63, 3.8) is 0 Å². The third kappa shape index (κ3) is 7.08. The monoisotopic (exact) mass is 421 g/mol. The van der Waals surface area contributed by atoms with Gasteiger partial charge < -0.3 is 23.8 Å². The second kappa shape index (κ2) is 11.9. The molecule has 0 aliphatic rings. The summed E-state index contributed by atoms with van der Waals surface area (Å²) < 4.78 is 22.0. The van der Waals surface area contributed by atoms with Crippen molar-refractivity contribution in [2.45, 2.75) is 12.6 Å². The number of hydrogen-bond donors (Lipinski definition) is 0. The van der Waals surface area contributed by atoms with E-state index in [1.54, 1.807) is 24.3 Å². The lowest BCUT2D eigenvalue weighted by molar-refractivity contribution is -0.147. The molecule has 3 rings (SSSR count). The second-order valence-corrected chi connectivity index (χ2v) is 6.43. The molecule has 0 N–H and O–H groups in total. The summed E-state index contributed by atoms with van der Waals surface area (Å²) in [5, 5.41) is 0. The fourth-order valence-corrected chi connectivity index (χ4v) is 2.93. The minimum atomic E-state index is -0.895. The van der Waals surface area contributed by atoms with Gasteiger partial charge in [-0.15, -0.1) is 0 Å². The lowest BCUT2D eigenvalue weighted by Crippen LogP contribution is -2.43. The van der Waals surface area contributed by atoms with Gasteiger partial charge in [0.25, 0.3) is 25.5 Å². The highest BCUT2D eigenvalue weighted by Gasteiger charge is 2.23. The van der Waals surface area contributed by atoms with Gasteiger partial charge in [0, 0.05) is 5.69 Å². The Kier molecular flexibility index (Phi) is 8.31. The molecular weight excluding hydrogens is 398 g/mol. The fourth-order valence-electron chi connectivity index (χ4n) is 2.93. The summed E-state index contributed by atoms with van der Waals surface area (Å²) in [5.41, 5.74) is 0.815. The third-order valence-electron chi connectivity index (χ3n) is 4.30. The van der Waals surface area contributed by atoms with Gasteiger partial charge in [-0.2, -0.15) is 0 Å². The van der Waals surface area contributed by atoms with Crippen LogP contribution >= 0.6 is 0 Å². The normalized spacial score (nSPS) is 12.1. The maximum absolute atomic E-state index is 11.1. The summed E-state index contributed by atoms with van der Waals surface area (Å²) >= 11 is 0. The minimum absolute atomic E-state index is 0.175. The molecule has 3 aromatic carbocycles. The van der Waals surface area contributed by atoms with E-state index in [4.69, 9.17) is 18.9 Å². The Morgan fingerprint density at radius 1 is 0.613 bits per heavy atom. The number of carbonyl (C=O) groups excluding carboxylic acids is 2. The van der Waals surface area contributed by atoms with Gasteiger partial charge in [0.1, 0.15) is 11.5 Å². The lowest BCUT2D eigenvalue weighted by Gasteiger charge is -2.31. The Hall–Kier alpha value is -4.00. The van der Waals surface area contributed by atoms with Gasteiger partial charge in [0.2, 0.25) is 0 Å². The quantitative estimate of drug-likeness (QED) is 0.308. The summed E-state index contributed by atoms with van der Waals surface area (Å²) in [6.07, 6.45) is -1.79. The van der Waals surface area contributed by atoms with Crippen LogP contribution in [0.1, 0.15) is 0 Å². The number of nitrogens with zero attached hydrogens (tertiary/aromatic N) is 1. The molecule has 160 valence electrons. The maximum atomic E-state index is 11.1. The number of hydrogen-bond acceptors (Lipinski definition) is 7. The van der Waals surface area contributed by atoms with Gasteiger partial charge in [-0.3, -0.25) is 9.59 Å². The number of ether oxygens (including phenoxy) is 4. The van der Waals surface area contributed by atoms with Crippen LogP contribution in [0.2, 0.25) is 0 Å². The van der Waals surface area contributed by atoms with E-state index in [0.29, 0.717) is 24.4 Å². The van der Waals surface area contributed by atoms with E-state index >= 15 is 0 Å². The molecule has 0 bridgehead atoms. The van der Waals surface area contributed by atoms with Crippen molar-refractivity contribution >= 4 is 18.6 Å². The molecule has 0 aliphatic carbocycles. The first-order valence-electron chi connectivity index (χ1n) is 9.70. The van der Waals surface area contributed by atoms with Crippen molar-refractivity contribution in [3.8, 4) is 11.5 Å². The van der Waals surface area contributed by atoms with Crippen molar-refractivity contribution < 1.29 is 28.5 Å².